The van der Waals surface area contributed by atoms with Crippen molar-refractivity contribution in [3.05, 3.63) is 58.2 Å². The average molecular weight is 313 g/mol. The molecule has 1 amide bonds. The summed E-state index contributed by atoms with van der Waals surface area (Å²) in [6.07, 6.45) is 1.46. The zero-order valence-corrected chi connectivity index (χ0v) is 10.5. The summed E-state index contributed by atoms with van der Waals surface area (Å²) in [5.74, 6) is -2.52. The minimum Gasteiger partial charge on any atom is -0.306 e. The highest BCUT2D eigenvalue weighted by Crippen LogP contribution is 2.20. The number of halogens is 3. The van der Waals surface area contributed by atoms with Crippen molar-refractivity contribution in [2.45, 2.75) is 0 Å². The average Bonchev–Trinajstić information content (AvgIpc) is 2.28. The molecule has 0 saturated carbocycles. The Morgan fingerprint density at radius 2 is 1.89 bits per heavy atom. The highest BCUT2D eigenvalue weighted by molar-refractivity contribution is 9.10. The summed E-state index contributed by atoms with van der Waals surface area (Å²) in [7, 11) is 0. The number of rotatable bonds is 2. The molecule has 1 aromatic heterocycles. The Hall–Kier alpha value is -1.82. The zero-order chi connectivity index (χ0) is 13.1. The van der Waals surface area contributed by atoms with E-state index in [1.54, 1.807) is 12.1 Å². The first-order chi connectivity index (χ1) is 8.58. The smallest absolute Gasteiger partial charge is 0.262 e. The molecule has 1 heterocycles. The fraction of sp³-hybridized carbons (Fsp3) is 0. The van der Waals surface area contributed by atoms with Gasteiger partial charge in [-0.15, -0.1) is 0 Å². The molecule has 0 aliphatic rings. The molecule has 92 valence electrons. The van der Waals surface area contributed by atoms with Gasteiger partial charge in [-0.3, -0.25) is 4.79 Å². The van der Waals surface area contributed by atoms with E-state index in [9.17, 15) is 13.6 Å². The van der Waals surface area contributed by atoms with Crippen molar-refractivity contribution in [3.8, 4) is 0 Å². The molecular formula is C12H7BrF2N2O. The van der Waals surface area contributed by atoms with Crippen molar-refractivity contribution in [3.63, 3.8) is 0 Å². The van der Waals surface area contributed by atoms with Crippen LogP contribution in [0, 0.1) is 11.6 Å². The van der Waals surface area contributed by atoms with E-state index < -0.39 is 23.1 Å². The van der Waals surface area contributed by atoms with Crippen molar-refractivity contribution < 1.29 is 13.6 Å². The van der Waals surface area contributed by atoms with Gasteiger partial charge in [0.05, 0.1) is 0 Å². The minimum atomic E-state index is -0.935. The van der Waals surface area contributed by atoms with Gasteiger partial charge in [-0.05, 0) is 24.3 Å². The lowest BCUT2D eigenvalue weighted by Gasteiger charge is -2.06. The topological polar surface area (TPSA) is 42.0 Å². The summed E-state index contributed by atoms with van der Waals surface area (Å²) >= 11 is 2.94. The molecule has 2 rings (SSSR count). The second-order valence-corrected chi connectivity index (χ2v) is 4.33. The van der Waals surface area contributed by atoms with Gasteiger partial charge in [0.2, 0.25) is 0 Å². The molecule has 1 N–H and O–H groups in total. The molecule has 0 spiro atoms. The van der Waals surface area contributed by atoms with Gasteiger partial charge in [-0.1, -0.05) is 22.0 Å². The van der Waals surface area contributed by atoms with Crippen LogP contribution in [0.4, 0.5) is 14.6 Å². The van der Waals surface area contributed by atoms with Crippen LogP contribution >= 0.6 is 15.9 Å². The van der Waals surface area contributed by atoms with E-state index in [0.717, 1.165) is 12.1 Å². The Morgan fingerprint density at radius 3 is 2.44 bits per heavy atom. The number of nitrogens with one attached hydrogen (secondary N) is 1. The quantitative estimate of drug-likeness (QED) is 0.923. The summed E-state index contributed by atoms with van der Waals surface area (Å²) < 4.78 is 27.3. The number of nitrogens with zero attached hydrogens (tertiary/aromatic N) is 1. The lowest BCUT2D eigenvalue weighted by atomic mass is 10.2. The zero-order valence-electron chi connectivity index (χ0n) is 8.95. The Bertz CT molecular complexity index is 567. The molecule has 6 heteroatoms. The number of hydrogen-bond acceptors (Lipinski definition) is 2. The maximum Gasteiger partial charge on any atom is 0.262 e. The third-order valence-corrected chi connectivity index (χ3v) is 2.60. The number of hydrogen-bond donors (Lipinski definition) is 1. The number of benzene rings is 1. The summed E-state index contributed by atoms with van der Waals surface area (Å²) in [6, 6.07) is 6.88. The van der Waals surface area contributed by atoms with Crippen molar-refractivity contribution in [1.29, 1.82) is 0 Å². The third-order valence-electron chi connectivity index (χ3n) is 2.14. The largest absolute Gasteiger partial charge is 0.306 e. The molecule has 1 aromatic carbocycles. The maximum absolute atomic E-state index is 13.5. The Labute approximate surface area is 110 Å². The van der Waals surface area contributed by atoms with Gasteiger partial charge >= 0.3 is 0 Å². The molecule has 0 saturated heterocycles. The predicted molar refractivity (Wildman–Crippen MR) is 66.2 cm³/mol. The molecule has 0 radical (unpaired) electrons. The van der Waals surface area contributed by atoms with Crippen LogP contribution < -0.4 is 5.32 Å². The molecule has 0 bridgehead atoms. The van der Waals surface area contributed by atoms with Crippen molar-refractivity contribution in [2.24, 2.45) is 0 Å². The number of anilines is 1. The molecule has 0 aliphatic carbocycles. The van der Waals surface area contributed by atoms with Gasteiger partial charge in [0, 0.05) is 10.7 Å². The van der Waals surface area contributed by atoms with E-state index in [-0.39, 0.29) is 10.3 Å². The Morgan fingerprint density at radius 1 is 1.22 bits per heavy atom. The Balaban J connectivity index is 2.30. The van der Waals surface area contributed by atoms with E-state index in [0.29, 0.717) is 0 Å². The van der Waals surface area contributed by atoms with Crippen LogP contribution in [0.15, 0.2) is 41.0 Å². The third kappa shape index (κ3) is 2.70. The monoisotopic (exact) mass is 312 g/mol. The number of carbonyl (C=O) groups excluding carboxylic acids is 1. The molecular weight excluding hydrogens is 306 g/mol. The summed E-state index contributed by atoms with van der Waals surface area (Å²) in [4.78, 5) is 15.6. The Kier molecular flexibility index (Phi) is 3.66. The first-order valence-electron chi connectivity index (χ1n) is 4.95. The van der Waals surface area contributed by atoms with Crippen molar-refractivity contribution >= 4 is 27.7 Å². The summed E-state index contributed by atoms with van der Waals surface area (Å²) in [5.41, 5.74) is -0.635. The normalized spacial score (nSPS) is 10.2. The second kappa shape index (κ2) is 5.22. The van der Waals surface area contributed by atoms with Gasteiger partial charge in [0.25, 0.3) is 5.91 Å². The molecule has 0 aliphatic heterocycles. The lowest BCUT2D eigenvalue weighted by Crippen LogP contribution is -2.16. The highest BCUT2D eigenvalue weighted by atomic mass is 79.9. The lowest BCUT2D eigenvalue weighted by molar-refractivity contribution is 0.101. The summed E-state index contributed by atoms with van der Waals surface area (Å²) in [6.45, 7) is 0. The van der Waals surface area contributed by atoms with Gasteiger partial charge in [0.1, 0.15) is 23.0 Å². The minimum absolute atomic E-state index is 0.226. The van der Waals surface area contributed by atoms with E-state index in [1.165, 1.54) is 12.3 Å². The first kappa shape index (κ1) is 12.6. The number of aromatic nitrogens is 1. The molecule has 0 unspecified atom stereocenters. The molecule has 3 nitrogen and oxygen atoms in total. The highest BCUT2D eigenvalue weighted by Gasteiger charge is 2.18. The van der Waals surface area contributed by atoms with Gasteiger partial charge in [-0.25, -0.2) is 13.8 Å². The molecule has 2 aromatic rings. The van der Waals surface area contributed by atoms with E-state index >= 15 is 0 Å². The number of amides is 1. The molecule has 18 heavy (non-hydrogen) atoms. The number of carbonyl (C=O) groups is 1. The van der Waals surface area contributed by atoms with Crippen LogP contribution in [0.5, 0.6) is 0 Å². The van der Waals surface area contributed by atoms with Crippen LogP contribution in [0.1, 0.15) is 10.4 Å². The molecule has 0 fully saturated rings. The molecule has 0 atom stereocenters. The van der Waals surface area contributed by atoms with Gasteiger partial charge < -0.3 is 5.32 Å². The van der Waals surface area contributed by atoms with Crippen LogP contribution in [-0.4, -0.2) is 10.9 Å². The second-order valence-electron chi connectivity index (χ2n) is 3.41. The standard InChI is InChI=1S/C12H7BrF2N2O/c13-7-5-8(14)11(9(15)6-7)12(18)17-10-3-1-2-4-16-10/h1-6H,(H,16,17,18). The van der Waals surface area contributed by atoms with Crippen LogP contribution in [0.3, 0.4) is 0 Å². The fourth-order valence-corrected chi connectivity index (χ4v) is 1.78. The van der Waals surface area contributed by atoms with Crippen LogP contribution in [0.2, 0.25) is 0 Å². The predicted octanol–water partition coefficient (Wildman–Crippen LogP) is 3.37. The fourth-order valence-electron chi connectivity index (χ4n) is 1.37. The van der Waals surface area contributed by atoms with Crippen LogP contribution in [0.25, 0.3) is 0 Å². The van der Waals surface area contributed by atoms with Crippen LogP contribution in [-0.2, 0) is 0 Å². The van der Waals surface area contributed by atoms with Gasteiger partial charge in [0.15, 0.2) is 0 Å². The maximum atomic E-state index is 13.5. The summed E-state index contributed by atoms with van der Waals surface area (Å²) in [5, 5.41) is 2.31. The van der Waals surface area contributed by atoms with Crippen molar-refractivity contribution in [2.75, 3.05) is 5.32 Å². The SMILES string of the molecule is O=C(Nc1ccccn1)c1c(F)cc(Br)cc1F. The number of pyridine rings is 1. The van der Waals surface area contributed by atoms with Gasteiger partial charge in [-0.2, -0.15) is 0 Å². The van der Waals surface area contributed by atoms with E-state index in [4.69, 9.17) is 0 Å². The van der Waals surface area contributed by atoms with Crippen molar-refractivity contribution in [1.82, 2.24) is 4.98 Å². The van der Waals surface area contributed by atoms with E-state index in [2.05, 4.69) is 26.2 Å². The first-order valence-corrected chi connectivity index (χ1v) is 5.74. The van der Waals surface area contributed by atoms with E-state index in [1.807, 2.05) is 0 Å².